The molecule has 104 valence electrons. The van der Waals surface area contributed by atoms with Gasteiger partial charge in [0.05, 0.1) is 17.4 Å². The normalized spacial score (nSPS) is 17.5. The highest BCUT2D eigenvalue weighted by atomic mass is 32.1. The number of rotatable bonds is 3. The van der Waals surface area contributed by atoms with Gasteiger partial charge in [0, 0.05) is 6.42 Å². The Labute approximate surface area is 120 Å². The van der Waals surface area contributed by atoms with E-state index in [-0.39, 0.29) is 11.9 Å². The van der Waals surface area contributed by atoms with Crippen molar-refractivity contribution in [1.82, 2.24) is 5.43 Å². The first kappa shape index (κ1) is 14.2. The second kappa shape index (κ2) is 6.27. The predicted molar refractivity (Wildman–Crippen MR) is 76.6 cm³/mol. The van der Waals surface area contributed by atoms with Crippen LogP contribution in [0.3, 0.4) is 0 Å². The fourth-order valence-electron chi connectivity index (χ4n) is 2.09. The molecule has 1 aliphatic rings. The number of aryl methyl sites for hydroxylation is 1. The molecule has 1 aliphatic carbocycles. The summed E-state index contributed by atoms with van der Waals surface area (Å²) in [6, 6.07) is 0. The Morgan fingerprint density at radius 1 is 1.68 bits per heavy atom. The van der Waals surface area contributed by atoms with Crippen molar-refractivity contribution in [1.29, 1.82) is 0 Å². The molecule has 0 bridgehead atoms. The third-order valence-corrected chi connectivity index (χ3v) is 4.27. The number of fused-ring (bicyclic) bond motifs is 1. The smallest absolute Gasteiger partial charge is 0.339 e. The molecule has 0 aromatic carbocycles. The molecule has 2 rings (SSSR count). The number of hydrogen-bond acceptors (Lipinski definition) is 5. The summed E-state index contributed by atoms with van der Waals surface area (Å²) in [6.07, 6.45) is 2.39. The number of thiocarbonyl (C=S) groups is 1. The van der Waals surface area contributed by atoms with Crippen molar-refractivity contribution >= 4 is 39.8 Å². The molecule has 1 unspecified atom stereocenters. The Morgan fingerprint density at radius 2 is 2.47 bits per heavy atom. The van der Waals surface area contributed by atoms with E-state index in [4.69, 9.17) is 22.8 Å². The maximum atomic E-state index is 11.7. The number of hydrazine groups is 1. The lowest BCUT2D eigenvalue weighted by atomic mass is 9.91. The number of ether oxygens (including phenoxy) is 1. The first-order chi connectivity index (χ1) is 9.13. The number of H-pyrrole nitrogens is 1. The van der Waals surface area contributed by atoms with Crippen molar-refractivity contribution in [2.75, 3.05) is 11.9 Å². The van der Waals surface area contributed by atoms with Gasteiger partial charge in [-0.3, -0.25) is 10.2 Å². The third-order valence-electron chi connectivity index (χ3n) is 2.98. The van der Waals surface area contributed by atoms with Gasteiger partial charge < -0.3 is 4.74 Å². The molecule has 0 aliphatic heterocycles. The Balaban J connectivity index is 2.04. The van der Waals surface area contributed by atoms with Gasteiger partial charge in [-0.2, -0.15) is 0 Å². The summed E-state index contributed by atoms with van der Waals surface area (Å²) in [6.45, 7) is 2.26. The summed E-state index contributed by atoms with van der Waals surface area (Å²) in [5.41, 5.74) is 3.53. The number of nitrogens with two attached hydrogens (primary N) is 1. The van der Waals surface area contributed by atoms with Crippen LogP contribution < -0.4 is 21.6 Å². The van der Waals surface area contributed by atoms with Gasteiger partial charge in [0.1, 0.15) is 5.69 Å². The van der Waals surface area contributed by atoms with Gasteiger partial charge in [-0.1, -0.05) is 11.3 Å². The van der Waals surface area contributed by atoms with E-state index in [1.54, 1.807) is 11.3 Å². The highest BCUT2D eigenvalue weighted by Gasteiger charge is 2.30. The average molecular weight is 301 g/mol. The fourth-order valence-corrected chi connectivity index (χ4v) is 3.39. The third kappa shape index (κ3) is 3.40. The molecule has 19 heavy (non-hydrogen) atoms. The van der Waals surface area contributed by atoms with E-state index in [9.17, 15) is 4.79 Å². The lowest BCUT2D eigenvalue weighted by Gasteiger charge is -2.18. The predicted octanol–water partition coefficient (Wildman–Crippen LogP) is 0.390. The second-order valence-corrected chi connectivity index (χ2v) is 5.76. The zero-order valence-corrected chi connectivity index (χ0v) is 12.2. The highest BCUT2D eigenvalue weighted by Crippen LogP contribution is 2.30. The Hall–Kier alpha value is -1.25. The monoisotopic (exact) mass is 301 g/mol. The van der Waals surface area contributed by atoms with E-state index in [0.717, 1.165) is 30.1 Å². The van der Waals surface area contributed by atoms with Gasteiger partial charge in [0.2, 0.25) is 0 Å². The van der Waals surface area contributed by atoms with Crippen LogP contribution in [0.25, 0.3) is 0 Å². The summed E-state index contributed by atoms with van der Waals surface area (Å²) in [5.74, 6) is 5.08. The largest absolute Gasteiger partial charge is 0.466 e. The molecule has 5 N–H and O–H groups in total. The zero-order valence-electron chi connectivity index (χ0n) is 10.6. The molecule has 6 nitrogen and oxygen atoms in total. The topological polar surface area (TPSA) is 90.5 Å². The van der Waals surface area contributed by atoms with E-state index in [1.807, 2.05) is 6.92 Å². The molecule has 0 fully saturated rings. The summed E-state index contributed by atoms with van der Waals surface area (Å²) in [7, 11) is 0. The second-order valence-electron chi connectivity index (χ2n) is 4.25. The summed E-state index contributed by atoms with van der Waals surface area (Å²) in [4.78, 5) is 16.2. The van der Waals surface area contributed by atoms with E-state index in [0.29, 0.717) is 11.7 Å². The Bertz CT molecular complexity index is 489. The van der Waals surface area contributed by atoms with Gasteiger partial charge in [-0.05, 0) is 32.0 Å². The molecular weight excluding hydrogens is 284 g/mol. The van der Waals surface area contributed by atoms with E-state index >= 15 is 0 Å². The number of nitrogens with one attached hydrogen (secondary N) is 3. The van der Waals surface area contributed by atoms with Crippen molar-refractivity contribution in [2.45, 2.75) is 26.2 Å². The summed E-state index contributed by atoms with van der Waals surface area (Å²) >= 11 is 6.50. The minimum Gasteiger partial charge on any atom is -0.466 e. The van der Waals surface area contributed by atoms with Crippen LogP contribution in [0.15, 0.2) is 0 Å². The summed E-state index contributed by atoms with van der Waals surface area (Å²) in [5, 5.41) is 4.15. The standard InChI is InChI=1S/C11H16N4O2S2/c1-2-17-9(16)6-3-4-7-8(5-6)19-11(13-7)14-10(18)15-12/h6H,2-5,12H2,1H3,(H2,13,14,15,18)/p+1. The molecule has 0 amide bonds. The van der Waals surface area contributed by atoms with E-state index < -0.39 is 0 Å². The van der Waals surface area contributed by atoms with Crippen molar-refractivity contribution in [3.63, 3.8) is 0 Å². The van der Waals surface area contributed by atoms with Crippen LogP contribution in [0.1, 0.15) is 23.9 Å². The number of esters is 1. The van der Waals surface area contributed by atoms with Crippen LogP contribution in [0, 0.1) is 5.92 Å². The SMILES string of the molecule is CCOC(=O)C1CCc2[nH+]c(NC(=S)NN)sc2C1. The number of anilines is 1. The van der Waals surface area contributed by atoms with E-state index in [1.165, 1.54) is 4.88 Å². The number of thiazole rings is 1. The lowest BCUT2D eigenvalue weighted by molar-refractivity contribution is -0.368. The first-order valence-corrected chi connectivity index (χ1v) is 7.34. The summed E-state index contributed by atoms with van der Waals surface area (Å²) < 4.78 is 5.08. The number of carbonyl (C=O) groups excluding carboxylic acids is 1. The maximum Gasteiger partial charge on any atom is 0.339 e. The molecule has 1 atom stereocenters. The minimum absolute atomic E-state index is 0.0352. The minimum atomic E-state index is -0.102. The average Bonchev–Trinajstić information content (AvgIpc) is 2.79. The zero-order chi connectivity index (χ0) is 13.8. The van der Waals surface area contributed by atoms with Crippen molar-refractivity contribution < 1.29 is 14.5 Å². The highest BCUT2D eigenvalue weighted by molar-refractivity contribution is 7.80. The number of aromatic amines is 1. The molecule has 1 aromatic heterocycles. The number of aromatic nitrogens is 1. The Morgan fingerprint density at radius 3 is 3.16 bits per heavy atom. The molecule has 8 heteroatoms. The van der Waals surface area contributed by atoms with Crippen LogP contribution in [0.4, 0.5) is 5.13 Å². The van der Waals surface area contributed by atoms with Crippen LogP contribution in [-0.2, 0) is 22.4 Å². The van der Waals surface area contributed by atoms with Gasteiger partial charge in [-0.15, -0.1) is 0 Å². The van der Waals surface area contributed by atoms with Gasteiger partial charge in [0.25, 0.3) is 5.11 Å². The van der Waals surface area contributed by atoms with Gasteiger partial charge >= 0.3 is 11.1 Å². The van der Waals surface area contributed by atoms with Crippen LogP contribution in [0.5, 0.6) is 0 Å². The molecule has 1 heterocycles. The lowest BCUT2D eigenvalue weighted by Crippen LogP contribution is -2.35. The molecule has 0 saturated carbocycles. The maximum absolute atomic E-state index is 11.7. The first-order valence-electron chi connectivity index (χ1n) is 6.12. The quantitative estimate of drug-likeness (QED) is 0.324. The van der Waals surface area contributed by atoms with Crippen molar-refractivity contribution in [3.05, 3.63) is 10.6 Å². The van der Waals surface area contributed by atoms with Gasteiger partial charge in [-0.25, -0.2) is 16.1 Å². The molecule has 0 saturated heterocycles. The molecule has 0 radical (unpaired) electrons. The molecular formula is C11H17N4O2S2+. The fraction of sp³-hybridized carbons (Fsp3) is 0.545. The van der Waals surface area contributed by atoms with E-state index in [2.05, 4.69) is 15.7 Å². The van der Waals surface area contributed by atoms with Crippen molar-refractivity contribution in [3.8, 4) is 0 Å². The number of carbonyl (C=O) groups is 1. The molecule has 0 spiro atoms. The van der Waals surface area contributed by atoms with Crippen LogP contribution >= 0.6 is 23.6 Å². The number of hydrogen-bond donors (Lipinski definition) is 3. The Kier molecular flexibility index (Phi) is 4.67. The molecule has 1 aromatic rings. The van der Waals surface area contributed by atoms with Gasteiger partial charge in [0.15, 0.2) is 0 Å². The van der Waals surface area contributed by atoms with Crippen molar-refractivity contribution in [2.24, 2.45) is 11.8 Å². The van der Waals surface area contributed by atoms with Crippen LogP contribution in [0.2, 0.25) is 0 Å². The van der Waals surface area contributed by atoms with Crippen LogP contribution in [-0.4, -0.2) is 17.7 Å².